The molecule has 38 heavy (non-hydrogen) atoms. The van der Waals surface area contributed by atoms with Crippen LogP contribution in [0.5, 0.6) is 5.75 Å². The van der Waals surface area contributed by atoms with Crippen LogP contribution >= 0.6 is 0 Å². The SMILES string of the molecule is Cc1c(C(Nc2ccc(C(=O)N(C)CCC(=O)O)cc2)C(C)C)oc2ccc(OCc3ccccc3)cc12. The maximum absolute atomic E-state index is 12.6. The van der Waals surface area contributed by atoms with Crippen LogP contribution in [0, 0.1) is 12.8 Å². The van der Waals surface area contributed by atoms with Crippen molar-refractivity contribution >= 4 is 28.5 Å². The summed E-state index contributed by atoms with van der Waals surface area (Å²) in [6.07, 6.45) is -0.0879. The topological polar surface area (TPSA) is 92.0 Å². The van der Waals surface area contributed by atoms with Crippen LogP contribution in [-0.4, -0.2) is 35.5 Å². The number of hydrogen-bond acceptors (Lipinski definition) is 5. The zero-order valence-electron chi connectivity index (χ0n) is 22.2. The Bertz CT molecular complexity index is 1390. The summed E-state index contributed by atoms with van der Waals surface area (Å²) < 4.78 is 12.3. The number of fused-ring (bicyclic) bond motifs is 1. The minimum absolute atomic E-state index is 0.0871. The fourth-order valence-corrected chi connectivity index (χ4v) is 4.36. The molecule has 1 atom stereocenters. The first-order valence-electron chi connectivity index (χ1n) is 12.8. The minimum atomic E-state index is -0.930. The van der Waals surface area contributed by atoms with E-state index in [0.29, 0.717) is 12.2 Å². The standard InChI is InChI=1S/C31H34N2O5/c1-20(2)29(32-24-12-10-23(11-13-24)31(36)33(4)17-16-28(34)35)30-21(3)26-18-25(14-15-27(26)38-30)37-19-22-8-6-5-7-9-22/h5-15,18,20,29,32H,16-17,19H2,1-4H3,(H,34,35). The van der Waals surface area contributed by atoms with Gasteiger partial charge in [-0.2, -0.15) is 0 Å². The lowest BCUT2D eigenvalue weighted by atomic mass is 9.97. The fourth-order valence-electron chi connectivity index (χ4n) is 4.36. The number of carbonyl (C=O) groups excluding carboxylic acids is 1. The Morgan fingerprint density at radius 3 is 2.39 bits per heavy atom. The number of carboxylic acids is 1. The highest BCUT2D eigenvalue weighted by molar-refractivity contribution is 5.94. The Morgan fingerprint density at radius 1 is 1.03 bits per heavy atom. The number of furan rings is 1. The number of nitrogens with zero attached hydrogens (tertiary/aromatic N) is 1. The smallest absolute Gasteiger partial charge is 0.305 e. The summed E-state index contributed by atoms with van der Waals surface area (Å²) in [6.45, 7) is 6.99. The molecule has 0 bridgehead atoms. The summed E-state index contributed by atoms with van der Waals surface area (Å²) >= 11 is 0. The molecule has 3 aromatic carbocycles. The number of rotatable bonds is 11. The highest BCUT2D eigenvalue weighted by Crippen LogP contribution is 2.36. The second kappa shape index (κ2) is 11.9. The highest BCUT2D eigenvalue weighted by atomic mass is 16.5. The van der Waals surface area contributed by atoms with Crippen LogP contribution in [-0.2, 0) is 11.4 Å². The van der Waals surface area contributed by atoms with Gasteiger partial charge in [-0.15, -0.1) is 0 Å². The number of aryl methyl sites for hydroxylation is 1. The van der Waals surface area contributed by atoms with Gasteiger partial charge in [0.15, 0.2) is 0 Å². The first-order valence-corrected chi connectivity index (χ1v) is 12.8. The number of ether oxygens (including phenoxy) is 1. The van der Waals surface area contributed by atoms with Crippen molar-refractivity contribution in [2.24, 2.45) is 5.92 Å². The average Bonchev–Trinajstić information content (AvgIpc) is 3.24. The molecule has 198 valence electrons. The number of anilines is 1. The van der Waals surface area contributed by atoms with Gasteiger partial charge in [0, 0.05) is 35.8 Å². The van der Waals surface area contributed by atoms with Crippen LogP contribution in [0.1, 0.15) is 53.6 Å². The Morgan fingerprint density at radius 2 is 1.74 bits per heavy atom. The Balaban J connectivity index is 1.49. The predicted molar refractivity (Wildman–Crippen MR) is 149 cm³/mol. The van der Waals surface area contributed by atoms with Crippen LogP contribution in [0.3, 0.4) is 0 Å². The van der Waals surface area contributed by atoms with Gasteiger partial charge in [0.2, 0.25) is 0 Å². The molecule has 0 aliphatic heterocycles. The van der Waals surface area contributed by atoms with Gasteiger partial charge in [0.05, 0.1) is 12.5 Å². The van der Waals surface area contributed by atoms with Gasteiger partial charge >= 0.3 is 5.97 Å². The van der Waals surface area contributed by atoms with Gasteiger partial charge < -0.3 is 24.5 Å². The van der Waals surface area contributed by atoms with E-state index in [1.54, 1.807) is 19.2 Å². The maximum atomic E-state index is 12.6. The van der Waals surface area contributed by atoms with Gasteiger partial charge in [0.25, 0.3) is 5.91 Å². The van der Waals surface area contributed by atoms with Crippen LogP contribution < -0.4 is 10.1 Å². The fraction of sp³-hybridized carbons (Fsp3) is 0.290. The van der Waals surface area contributed by atoms with E-state index in [2.05, 4.69) is 26.1 Å². The Labute approximate surface area is 223 Å². The molecule has 7 nitrogen and oxygen atoms in total. The molecule has 0 radical (unpaired) electrons. The molecule has 7 heteroatoms. The number of aliphatic carboxylic acids is 1. The molecule has 2 N–H and O–H groups in total. The quantitative estimate of drug-likeness (QED) is 0.232. The van der Waals surface area contributed by atoms with E-state index in [1.165, 1.54) is 4.90 Å². The molecular formula is C31H34N2O5. The van der Waals surface area contributed by atoms with E-state index in [9.17, 15) is 9.59 Å². The Kier molecular flexibility index (Phi) is 8.36. The first-order chi connectivity index (χ1) is 18.2. The van der Waals surface area contributed by atoms with Gasteiger partial charge in [0.1, 0.15) is 23.7 Å². The van der Waals surface area contributed by atoms with Crippen molar-refractivity contribution in [3.05, 3.63) is 95.2 Å². The molecule has 0 aliphatic carbocycles. The number of benzene rings is 3. The van der Waals surface area contributed by atoms with Gasteiger partial charge in [-0.25, -0.2) is 0 Å². The number of amides is 1. The lowest BCUT2D eigenvalue weighted by molar-refractivity contribution is -0.137. The van der Waals surface area contributed by atoms with Crippen molar-refractivity contribution in [2.75, 3.05) is 18.9 Å². The van der Waals surface area contributed by atoms with E-state index in [4.69, 9.17) is 14.3 Å². The van der Waals surface area contributed by atoms with Crippen molar-refractivity contribution in [3.63, 3.8) is 0 Å². The summed E-state index contributed by atoms with van der Waals surface area (Å²) in [6, 6.07) is 23.1. The van der Waals surface area contributed by atoms with Crippen LogP contribution in [0.2, 0.25) is 0 Å². The number of nitrogens with one attached hydrogen (secondary N) is 1. The number of carbonyl (C=O) groups is 2. The maximum Gasteiger partial charge on any atom is 0.305 e. The third kappa shape index (κ3) is 6.35. The minimum Gasteiger partial charge on any atom is -0.489 e. The lowest BCUT2D eigenvalue weighted by Crippen LogP contribution is -2.29. The van der Waals surface area contributed by atoms with Crippen LogP contribution in [0.4, 0.5) is 5.69 Å². The normalized spacial score (nSPS) is 11.9. The third-order valence-electron chi connectivity index (χ3n) is 6.60. The van der Waals surface area contributed by atoms with Crippen LogP contribution in [0.15, 0.2) is 77.2 Å². The summed E-state index contributed by atoms with van der Waals surface area (Å²) in [5.41, 5.74) is 4.35. The Hall–Kier alpha value is -4.26. The third-order valence-corrected chi connectivity index (χ3v) is 6.60. The van der Waals surface area contributed by atoms with Crippen LogP contribution in [0.25, 0.3) is 11.0 Å². The molecule has 0 aliphatic rings. The highest BCUT2D eigenvalue weighted by Gasteiger charge is 2.24. The van der Waals surface area contributed by atoms with E-state index in [1.807, 2.05) is 60.7 Å². The molecule has 1 heterocycles. The average molecular weight is 515 g/mol. The number of carboxylic acid groups (broad SMARTS) is 1. The molecular weight excluding hydrogens is 480 g/mol. The number of hydrogen-bond donors (Lipinski definition) is 2. The van der Waals surface area contributed by atoms with E-state index >= 15 is 0 Å². The van der Waals surface area contributed by atoms with E-state index in [-0.39, 0.29) is 30.8 Å². The van der Waals surface area contributed by atoms with E-state index in [0.717, 1.165) is 39.3 Å². The lowest BCUT2D eigenvalue weighted by Gasteiger charge is -2.23. The van der Waals surface area contributed by atoms with Gasteiger partial charge in [-0.05, 0) is 60.9 Å². The van der Waals surface area contributed by atoms with Gasteiger partial charge in [-0.3, -0.25) is 9.59 Å². The molecule has 1 amide bonds. The van der Waals surface area contributed by atoms with Crippen molar-refractivity contribution < 1.29 is 23.8 Å². The van der Waals surface area contributed by atoms with Gasteiger partial charge in [-0.1, -0.05) is 44.2 Å². The molecule has 4 rings (SSSR count). The second-order valence-corrected chi connectivity index (χ2v) is 9.84. The second-order valence-electron chi connectivity index (χ2n) is 9.84. The first kappa shape index (κ1) is 26.8. The summed E-state index contributed by atoms with van der Waals surface area (Å²) in [5, 5.41) is 13.4. The predicted octanol–water partition coefficient (Wildman–Crippen LogP) is 6.68. The molecule has 0 saturated carbocycles. The zero-order chi connectivity index (χ0) is 27.2. The summed E-state index contributed by atoms with van der Waals surface area (Å²) in [7, 11) is 1.61. The van der Waals surface area contributed by atoms with Crippen molar-refractivity contribution in [3.8, 4) is 5.75 Å². The monoisotopic (exact) mass is 514 g/mol. The summed E-state index contributed by atoms with van der Waals surface area (Å²) in [4.78, 5) is 24.8. The zero-order valence-corrected chi connectivity index (χ0v) is 22.2. The molecule has 0 fully saturated rings. The molecule has 1 unspecified atom stereocenters. The molecule has 1 aromatic heterocycles. The van der Waals surface area contributed by atoms with E-state index < -0.39 is 5.97 Å². The van der Waals surface area contributed by atoms with Crippen molar-refractivity contribution in [1.29, 1.82) is 0 Å². The summed E-state index contributed by atoms with van der Waals surface area (Å²) in [5.74, 6) is 0.743. The molecule has 4 aromatic rings. The molecule has 0 saturated heterocycles. The van der Waals surface area contributed by atoms with Crippen molar-refractivity contribution in [1.82, 2.24) is 4.90 Å². The van der Waals surface area contributed by atoms with Crippen molar-refractivity contribution in [2.45, 2.75) is 39.8 Å². The molecule has 0 spiro atoms. The largest absolute Gasteiger partial charge is 0.489 e.